The number of carbonyl (C=O) groups excluding carboxylic acids is 1. The number of amides is 1. The normalized spacial score (nSPS) is 17.3. The van der Waals surface area contributed by atoms with Gasteiger partial charge in [0.2, 0.25) is 5.91 Å². The first-order chi connectivity index (χ1) is 16.6. The summed E-state index contributed by atoms with van der Waals surface area (Å²) in [6.07, 6.45) is 2.47. The number of carbonyl (C=O) groups is 1. The summed E-state index contributed by atoms with van der Waals surface area (Å²) >= 11 is 0. The van der Waals surface area contributed by atoms with Crippen LogP contribution in [-0.4, -0.2) is 88.2 Å². The number of aromatic nitrogens is 3. The van der Waals surface area contributed by atoms with E-state index < -0.39 is 0 Å². The smallest absolute Gasteiger partial charge is 0.222 e. The van der Waals surface area contributed by atoms with Crippen LogP contribution in [0.3, 0.4) is 0 Å². The van der Waals surface area contributed by atoms with Crippen molar-refractivity contribution in [2.45, 2.75) is 19.9 Å². The van der Waals surface area contributed by atoms with Crippen molar-refractivity contribution in [3.63, 3.8) is 0 Å². The summed E-state index contributed by atoms with van der Waals surface area (Å²) in [5.41, 5.74) is 3.40. The highest BCUT2D eigenvalue weighted by atomic mass is 16.5. The van der Waals surface area contributed by atoms with E-state index in [1.54, 1.807) is 18.2 Å². The fraction of sp³-hybridized carbons (Fsp3) is 0.440. The monoisotopic (exact) mass is 462 g/mol. The number of phenols is 1. The number of piperazine rings is 1. The fourth-order valence-electron chi connectivity index (χ4n) is 4.54. The van der Waals surface area contributed by atoms with E-state index >= 15 is 0 Å². The van der Waals surface area contributed by atoms with E-state index in [1.807, 2.05) is 24.1 Å². The van der Waals surface area contributed by atoms with Gasteiger partial charge in [-0.15, -0.1) is 0 Å². The molecule has 178 valence electrons. The molecule has 2 saturated heterocycles. The summed E-state index contributed by atoms with van der Waals surface area (Å²) in [5.74, 6) is 1.76. The minimum atomic E-state index is 0.182. The van der Waals surface area contributed by atoms with Crippen LogP contribution in [0.4, 0.5) is 5.82 Å². The predicted molar refractivity (Wildman–Crippen MR) is 130 cm³/mol. The van der Waals surface area contributed by atoms with Crippen molar-refractivity contribution >= 4 is 22.8 Å². The van der Waals surface area contributed by atoms with Gasteiger partial charge in [0.25, 0.3) is 0 Å². The fourth-order valence-corrected chi connectivity index (χ4v) is 4.54. The Hall–Kier alpha value is -3.30. The summed E-state index contributed by atoms with van der Waals surface area (Å²) in [5, 5.41) is 9.98. The summed E-state index contributed by atoms with van der Waals surface area (Å²) in [4.78, 5) is 32.9. The van der Waals surface area contributed by atoms with Gasteiger partial charge in [0.05, 0.1) is 18.7 Å². The van der Waals surface area contributed by atoms with Gasteiger partial charge in [-0.3, -0.25) is 14.7 Å². The number of phenolic OH excluding ortho intramolecular Hbond substituents is 1. The first-order valence-corrected chi connectivity index (χ1v) is 11.9. The van der Waals surface area contributed by atoms with Gasteiger partial charge in [-0.05, 0) is 23.8 Å². The van der Waals surface area contributed by atoms with Crippen LogP contribution in [0.25, 0.3) is 22.4 Å². The third kappa shape index (κ3) is 4.80. The molecule has 5 rings (SSSR count). The molecule has 2 aliphatic rings. The molecule has 9 nitrogen and oxygen atoms in total. The number of hydrogen-bond acceptors (Lipinski definition) is 8. The maximum absolute atomic E-state index is 12.0. The van der Waals surface area contributed by atoms with Gasteiger partial charge in [0.15, 0.2) is 11.6 Å². The van der Waals surface area contributed by atoms with E-state index in [0.29, 0.717) is 25.5 Å². The quantitative estimate of drug-likeness (QED) is 0.617. The Kier molecular flexibility index (Phi) is 6.55. The van der Waals surface area contributed by atoms with Gasteiger partial charge in [0, 0.05) is 64.0 Å². The Balaban J connectivity index is 1.45. The molecular weight excluding hydrogens is 432 g/mol. The number of nitrogens with zero attached hydrogens (tertiary/aromatic N) is 6. The lowest BCUT2D eigenvalue weighted by atomic mass is 10.1. The lowest BCUT2D eigenvalue weighted by Crippen LogP contribution is -2.48. The second kappa shape index (κ2) is 9.90. The molecule has 9 heteroatoms. The van der Waals surface area contributed by atoms with E-state index in [0.717, 1.165) is 73.8 Å². The SMILES string of the molecule is CCC(=O)N1CCN(Cc2cnc3c(N4CCOCC4)nc(-c4cccc(O)c4)nc3c2)CC1. The third-order valence-corrected chi connectivity index (χ3v) is 6.42. The van der Waals surface area contributed by atoms with Crippen LogP contribution < -0.4 is 4.90 Å². The summed E-state index contributed by atoms with van der Waals surface area (Å²) in [6, 6.07) is 9.10. The van der Waals surface area contributed by atoms with E-state index in [-0.39, 0.29) is 11.7 Å². The number of ether oxygens (including phenoxy) is 1. The van der Waals surface area contributed by atoms with Crippen molar-refractivity contribution in [1.29, 1.82) is 0 Å². The maximum Gasteiger partial charge on any atom is 0.222 e. The first-order valence-electron chi connectivity index (χ1n) is 11.9. The molecule has 0 spiro atoms. The van der Waals surface area contributed by atoms with E-state index in [2.05, 4.69) is 15.9 Å². The van der Waals surface area contributed by atoms with Gasteiger partial charge >= 0.3 is 0 Å². The minimum absolute atomic E-state index is 0.182. The molecule has 0 aliphatic carbocycles. The summed E-state index contributed by atoms with van der Waals surface area (Å²) in [7, 11) is 0. The Morgan fingerprint density at radius 1 is 1.06 bits per heavy atom. The number of benzene rings is 1. The average molecular weight is 463 g/mol. The zero-order valence-corrected chi connectivity index (χ0v) is 19.5. The highest BCUT2D eigenvalue weighted by molar-refractivity contribution is 5.88. The molecule has 0 unspecified atom stereocenters. The van der Waals surface area contributed by atoms with Crippen molar-refractivity contribution in [2.75, 3.05) is 57.4 Å². The van der Waals surface area contributed by atoms with Gasteiger partial charge in [-0.25, -0.2) is 9.97 Å². The first kappa shape index (κ1) is 22.5. The predicted octanol–water partition coefficient (Wildman–Crippen LogP) is 2.29. The van der Waals surface area contributed by atoms with Crippen molar-refractivity contribution in [3.8, 4) is 17.1 Å². The van der Waals surface area contributed by atoms with Crippen molar-refractivity contribution < 1.29 is 14.6 Å². The molecule has 0 radical (unpaired) electrons. The zero-order chi connectivity index (χ0) is 23.5. The summed E-state index contributed by atoms with van der Waals surface area (Å²) < 4.78 is 5.53. The van der Waals surface area contributed by atoms with Gasteiger partial charge in [-0.2, -0.15) is 0 Å². The number of morpholine rings is 1. The lowest BCUT2D eigenvalue weighted by Gasteiger charge is -2.34. The van der Waals surface area contributed by atoms with Crippen molar-refractivity contribution in [3.05, 3.63) is 42.1 Å². The second-order valence-electron chi connectivity index (χ2n) is 8.74. The molecule has 2 fully saturated rings. The van der Waals surface area contributed by atoms with Crippen LogP contribution in [0.2, 0.25) is 0 Å². The van der Waals surface area contributed by atoms with Crippen molar-refractivity contribution in [2.24, 2.45) is 0 Å². The van der Waals surface area contributed by atoms with Crippen LogP contribution in [0.15, 0.2) is 36.5 Å². The molecule has 4 heterocycles. The van der Waals surface area contributed by atoms with Crippen LogP contribution >= 0.6 is 0 Å². The number of rotatable bonds is 5. The van der Waals surface area contributed by atoms with Crippen LogP contribution in [0.1, 0.15) is 18.9 Å². The standard InChI is InChI=1S/C25H30N6O3/c1-2-22(33)30-8-6-29(7-9-30)17-18-14-21-23(26-16-18)25(31-10-12-34-13-11-31)28-24(27-21)19-4-3-5-20(32)15-19/h3-5,14-16,32H,2,6-13,17H2,1H3. The Morgan fingerprint density at radius 3 is 2.59 bits per heavy atom. The van der Waals surface area contributed by atoms with Gasteiger partial charge in [-0.1, -0.05) is 19.1 Å². The molecular formula is C25H30N6O3. The van der Waals surface area contributed by atoms with E-state index in [9.17, 15) is 9.90 Å². The van der Waals surface area contributed by atoms with Crippen molar-refractivity contribution in [1.82, 2.24) is 24.8 Å². The molecule has 0 atom stereocenters. The molecule has 1 aromatic carbocycles. The zero-order valence-electron chi connectivity index (χ0n) is 19.5. The van der Waals surface area contributed by atoms with Crippen LogP contribution in [0, 0.1) is 0 Å². The Bertz CT molecular complexity index is 1170. The Morgan fingerprint density at radius 2 is 1.85 bits per heavy atom. The third-order valence-electron chi connectivity index (χ3n) is 6.42. The van der Waals surface area contributed by atoms with Crippen LogP contribution in [0.5, 0.6) is 5.75 Å². The minimum Gasteiger partial charge on any atom is -0.508 e. The lowest BCUT2D eigenvalue weighted by molar-refractivity contribution is -0.132. The molecule has 2 aliphatic heterocycles. The molecule has 1 N–H and O–H groups in total. The van der Waals surface area contributed by atoms with E-state index in [4.69, 9.17) is 19.7 Å². The van der Waals surface area contributed by atoms with Crippen LogP contribution in [-0.2, 0) is 16.1 Å². The van der Waals surface area contributed by atoms with Gasteiger partial charge in [0.1, 0.15) is 11.3 Å². The number of anilines is 1. The second-order valence-corrected chi connectivity index (χ2v) is 8.74. The average Bonchev–Trinajstić information content (AvgIpc) is 2.88. The molecule has 0 bridgehead atoms. The number of pyridine rings is 1. The highest BCUT2D eigenvalue weighted by Crippen LogP contribution is 2.29. The number of aromatic hydroxyl groups is 1. The topological polar surface area (TPSA) is 94.9 Å². The van der Waals surface area contributed by atoms with Gasteiger partial charge < -0.3 is 19.6 Å². The Labute approximate surface area is 199 Å². The highest BCUT2D eigenvalue weighted by Gasteiger charge is 2.22. The molecule has 34 heavy (non-hydrogen) atoms. The number of hydrogen-bond donors (Lipinski definition) is 1. The summed E-state index contributed by atoms with van der Waals surface area (Å²) in [6.45, 7) is 8.68. The molecule has 0 saturated carbocycles. The number of fused-ring (bicyclic) bond motifs is 1. The largest absolute Gasteiger partial charge is 0.508 e. The molecule has 3 aromatic rings. The molecule has 2 aromatic heterocycles. The maximum atomic E-state index is 12.0. The molecule has 1 amide bonds. The van der Waals surface area contributed by atoms with E-state index in [1.165, 1.54) is 0 Å².